The average Bonchev–Trinajstić information content (AvgIpc) is 3.83. The molecule has 12 heteroatoms. The fourth-order valence-electron chi connectivity index (χ4n) is 5.40. The number of phenolic OH excluding ortho intramolecular Hbond substituents is 1. The molecular formula is C31H30FN5O5S. The number of nitrogens with zero attached hydrogens (tertiary/aromatic N) is 2. The molecular weight excluding hydrogens is 573 g/mol. The standard InChI is InChI=1S/C31H30FN5O5S/c1-37-16-19-13-20(5-10-27(19)43(41,42)22-6-7-22)35-28(39)11-3-17-12-18(2-9-26(17)38)29(31(37)40)36-21-4-8-23-24(14-21)25(32)15-34-30(23)33/h2,4-5,8-10,12-15,22,29,36,38H,3,6-7,11,16H2,1H3,(H2,33,34)(H,35,39). The molecule has 2 aliphatic rings. The van der Waals surface area contributed by atoms with E-state index in [1.807, 2.05) is 0 Å². The Bertz CT molecular complexity index is 1890. The van der Waals surface area contributed by atoms with Gasteiger partial charge in [0.2, 0.25) is 11.8 Å². The summed E-state index contributed by atoms with van der Waals surface area (Å²) in [5, 5.41) is 16.7. The first-order chi connectivity index (χ1) is 20.5. The molecule has 222 valence electrons. The van der Waals surface area contributed by atoms with Gasteiger partial charge in [-0.2, -0.15) is 0 Å². The third kappa shape index (κ3) is 5.57. The molecule has 3 aromatic carbocycles. The number of likely N-dealkylation sites (N-methyl/N-ethyl adjacent to an activating group) is 1. The first kappa shape index (κ1) is 28.4. The number of pyridine rings is 1. The number of nitrogens with two attached hydrogens (primary N) is 1. The summed E-state index contributed by atoms with van der Waals surface area (Å²) >= 11 is 0. The van der Waals surface area contributed by atoms with Crippen molar-refractivity contribution >= 4 is 49.6 Å². The number of nitrogens with one attached hydrogen (secondary N) is 2. The van der Waals surface area contributed by atoms with E-state index < -0.39 is 32.9 Å². The number of aryl methyl sites for hydroxylation is 1. The molecule has 0 saturated heterocycles. The number of nitrogen functional groups attached to an aromatic ring is 1. The molecule has 0 radical (unpaired) electrons. The lowest BCUT2D eigenvalue weighted by atomic mass is 9.98. The van der Waals surface area contributed by atoms with Crippen LogP contribution in [0.15, 0.2) is 65.7 Å². The number of benzene rings is 3. The van der Waals surface area contributed by atoms with E-state index in [-0.39, 0.29) is 47.1 Å². The Labute approximate surface area is 247 Å². The number of halogens is 1. The monoisotopic (exact) mass is 603 g/mol. The number of phenols is 1. The summed E-state index contributed by atoms with van der Waals surface area (Å²) in [6.07, 6.45) is 2.43. The quantitative estimate of drug-likeness (QED) is 0.269. The normalized spacial score (nSPS) is 17.8. The van der Waals surface area contributed by atoms with Gasteiger partial charge in [0.15, 0.2) is 9.84 Å². The summed E-state index contributed by atoms with van der Waals surface area (Å²) < 4.78 is 41.2. The smallest absolute Gasteiger partial charge is 0.249 e. The zero-order chi connectivity index (χ0) is 30.5. The number of anilines is 3. The number of sulfone groups is 1. The number of rotatable bonds is 4. The van der Waals surface area contributed by atoms with Crippen LogP contribution in [0.1, 0.15) is 42.0 Å². The molecule has 1 aromatic heterocycles. The van der Waals surface area contributed by atoms with Gasteiger partial charge < -0.3 is 26.4 Å². The summed E-state index contributed by atoms with van der Waals surface area (Å²) in [5.41, 5.74) is 8.12. The Kier molecular flexibility index (Phi) is 7.17. The van der Waals surface area contributed by atoms with Crippen LogP contribution in [-0.2, 0) is 32.4 Å². The Hall–Kier alpha value is -4.71. The number of aromatic nitrogens is 1. The van der Waals surface area contributed by atoms with Crippen molar-refractivity contribution in [3.63, 3.8) is 0 Å². The van der Waals surface area contributed by atoms with Gasteiger partial charge in [-0.1, -0.05) is 6.07 Å². The van der Waals surface area contributed by atoms with Gasteiger partial charge in [0.25, 0.3) is 0 Å². The minimum Gasteiger partial charge on any atom is -0.508 e. The van der Waals surface area contributed by atoms with Crippen LogP contribution in [0.4, 0.5) is 21.6 Å². The lowest BCUT2D eigenvalue weighted by Gasteiger charge is -2.27. The number of hydrogen-bond acceptors (Lipinski definition) is 8. The maximum Gasteiger partial charge on any atom is 0.249 e. The second-order valence-corrected chi connectivity index (χ2v) is 13.2. The number of aromatic hydroxyl groups is 1. The average molecular weight is 604 g/mol. The summed E-state index contributed by atoms with van der Waals surface area (Å²) in [6.45, 7) is -0.0541. The van der Waals surface area contributed by atoms with E-state index in [4.69, 9.17) is 5.73 Å². The summed E-state index contributed by atoms with van der Waals surface area (Å²) in [6, 6.07) is 13.1. The second kappa shape index (κ2) is 10.8. The molecule has 1 fully saturated rings. The maximum absolute atomic E-state index is 14.7. The lowest BCUT2D eigenvalue weighted by molar-refractivity contribution is -0.131. The number of amides is 2. The highest BCUT2D eigenvalue weighted by Gasteiger charge is 2.38. The van der Waals surface area contributed by atoms with E-state index in [0.29, 0.717) is 46.3 Å². The fourth-order valence-corrected chi connectivity index (χ4v) is 7.26. The molecule has 1 unspecified atom stereocenters. The van der Waals surface area contributed by atoms with Crippen molar-refractivity contribution in [1.82, 2.24) is 9.88 Å². The van der Waals surface area contributed by atoms with Crippen molar-refractivity contribution in [2.75, 3.05) is 23.4 Å². The van der Waals surface area contributed by atoms with Crippen LogP contribution >= 0.6 is 0 Å². The Morgan fingerprint density at radius 1 is 1.02 bits per heavy atom. The Morgan fingerprint density at radius 3 is 2.58 bits per heavy atom. The van der Waals surface area contributed by atoms with E-state index >= 15 is 0 Å². The minimum absolute atomic E-state index is 0.0177. The maximum atomic E-state index is 14.7. The van der Waals surface area contributed by atoms with Gasteiger partial charge in [0.05, 0.1) is 16.3 Å². The zero-order valence-electron chi connectivity index (χ0n) is 23.3. The van der Waals surface area contributed by atoms with Crippen LogP contribution in [0.25, 0.3) is 10.8 Å². The van der Waals surface area contributed by atoms with Gasteiger partial charge in [-0.05, 0) is 84.5 Å². The van der Waals surface area contributed by atoms with Crippen LogP contribution in [0.2, 0.25) is 0 Å². The molecule has 43 heavy (non-hydrogen) atoms. The van der Waals surface area contributed by atoms with Gasteiger partial charge in [0.1, 0.15) is 23.4 Å². The van der Waals surface area contributed by atoms with E-state index in [2.05, 4.69) is 15.6 Å². The first-order valence-corrected chi connectivity index (χ1v) is 15.4. The van der Waals surface area contributed by atoms with Gasteiger partial charge >= 0.3 is 0 Å². The molecule has 4 bridgehead atoms. The Balaban J connectivity index is 1.43. The molecule has 0 spiro atoms. The predicted molar refractivity (Wildman–Crippen MR) is 161 cm³/mol. The molecule has 4 aromatic rings. The molecule has 1 aliphatic carbocycles. The summed E-state index contributed by atoms with van der Waals surface area (Å²) in [5.74, 6) is -1.12. The molecule has 1 atom stereocenters. The summed E-state index contributed by atoms with van der Waals surface area (Å²) in [7, 11) is -2.04. The van der Waals surface area contributed by atoms with Crippen molar-refractivity contribution in [2.24, 2.45) is 0 Å². The van der Waals surface area contributed by atoms with Crippen molar-refractivity contribution in [1.29, 1.82) is 0 Å². The molecule has 1 aliphatic heterocycles. The lowest BCUT2D eigenvalue weighted by Crippen LogP contribution is -2.35. The van der Waals surface area contributed by atoms with Crippen molar-refractivity contribution in [3.8, 4) is 5.75 Å². The van der Waals surface area contributed by atoms with E-state index in [1.54, 1.807) is 43.4 Å². The largest absolute Gasteiger partial charge is 0.508 e. The predicted octanol–water partition coefficient (Wildman–Crippen LogP) is 4.29. The van der Waals surface area contributed by atoms with E-state index in [9.17, 15) is 27.5 Å². The van der Waals surface area contributed by atoms with E-state index in [1.165, 1.54) is 23.1 Å². The first-order valence-electron chi connectivity index (χ1n) is 13.8. The highest BCUT2D eigenvalue weighted by Crippen LogP contribution is 2.37. The summed E-state index contributed by atoms with van der Waals surface area (Å²) in [4.78, 5) is 32.3. The van der Waals surface area contributed by atoms with Gasteiger partial charge in [-0.3, -0.25) is 9.59 Å². The molecule has 1 saturated carbocycles. The van der Waals surface area contributed by atoms with Gasteiger partial charge in [-0.25, -0.2) is 17.8 Å². The number of fused-ring (bicyclic) bond motifs is 5. The third-order valence-electron chi connectivity index (χ3n) is 7.88. The van der Waals surface area contributed by atoms with Crippen LogP contribution in [0, 0.1) is 5.82 Å². The van der Waals surface area contributed by atoms with Crippen LogP contribution < -0.4 is 16.4 Å². The molecule has 10 nitrogen and oxygen atoms in total. The molecule has 6 rings (SSSR count). The SMILES string of the molecule is CN1Cc2cc(ccc2S(=O)(=O)C2CC2)NC(=O)CCc2cc(ccc2O)C(Nc2ccc3c(N)ncc(F)c3c2)C1=O. The number of carbonyl (C=O) groups excluding carboxylic acids is 2. The zero-order valence-corrected chi connectivity index (χ0v) is 24.1. The van der Waals surface area contributed by atoms with Crippen molar-refractivity contribution < 1.29 is 27.5 Å². The molecule has 2 heterocycles. The van der Waals surface area contributed by atoms with E-state index in [0.717, 1.165) is 6.20 Å². The van der Waals surface area contributed by atoms with Crippen LogP contribution in [0.3, 0.4) is 0 Å². The Morgan fingerprint density at radius 2 is 1.81 bits per heavy atom. The van der Waals surface area contributed by atoms with Crippen LogP contribution in [-0.4, -0.2) is 47.5 Å². The minimum atomic E-state index is -3.61. The molecule has 2 amide bonds. The van der Waals surface area contributed by atoms with Crippen LogP contribution in [0.5, 0.6) is 5.75 Å². The second-order valence-electron chi connectivity index (χ2n) is 11.0. The van der Waals surface area contributed by atoms with Crippen molar-refractivity contribution in [2.45, 2.75) is 48.4 Å². The highest BCUT2D eigenvalue weighted by molar-refractivity contribution is 7.92. The number of carbonyl (C=O) groups is 2. The van der Waals surface area contributed by atoms with Gasteiger partial charge in [-0.15, -0.1) is 0 Å². The third-order valence-corrected chi connectivity index (χ3v) is 10.2. The molecule has 5 N–H and O–H groups in total. The topological polar surface area (TPSA) is 155 Å². The van der Waals surface area contributed by atoms with Gasteiger partial charge in [0, 0.05) is 42.2 Å². The number of hydrogen-bond donors (Lipinski definition) is 4. The highest BCUT2D eigenvalue weighted by atomic mass is 32.2. The fraction of sp³-hybridized carbons (Fsp3) is 0.258. The van der Waals surface area contributed by atoms with Crippen molar-refractivity contribution in [3.05, 3.63) is 83.3 Å².